The Hall–Kier alpha value is -2.11. The van der Waals surface area contributed by atoms with E-state index in [-0.39, 0.29) is 31.1 Å². The molecular weight excluding hydrogens is 1010 g/mol. The molecule has 0 aliphatic carbocycles. The lowest BCUT2D eigenvalue weighted by Crippen LogP contribution is -2.30. The van der Waals surface area contributed by atoms with Gasteiger partial charge in [-0.05, 0) is 70.6 Å². The molecule has 0 aromatic rings. The number of hydrogen-bond acceptors (Lipinski definition) is 6. The number of rotatable bonds is 70. The molecule has 0 N–H and O–H groups in total. The van der Waals surface area contributed by atoms with Crippen molar-refractivity contribution in [3.05, 3.63) is 24.3 Å². The Morgan fingerprint density at radius 2 is 0.402 bits per heavy atom. The van der Waals surface area contributed by atoms with Crippen LogP contribution in [-0.4, -0.2) is 37.2 Å². The maximum atomic E-state index is 13.0. The van der Waals surface area contributed by atoms with Gasteiger partial charge in [0.25, 0.3) is 0 Å². The van der Waals surface area contributed by atoms with Crippen molar-refractivity contribution in [1.29, 1.82) is 0 Å². The van der Waals surface area contributed by atoms with E-state index in [4.69, 9.17) is 14.2 Å². The van der Waals surface area contributed by atoms with Gasteiger partial charge in [-0.2, -0.15) is 0 Å². The highest BCUT2D eigenvalue weighted by Crippen LogP contribution is 2.19. The Labute approximate surface area is 513 Å². The Balaban J connectivity index is 4.21. The molecule has 6 heteroatoms. The molecular formula is C76H144O6. The summed E-state index contributed by atoms with van der Waals surface area (Å²) in [5.74, 6) is -0.842. The fourth-order valence-corrected chi connectivity index (χ4v) is 11.6. The monoisotopic (exact) mass is 1150 g/mol. The molecule has 0 aliphatic heterocycles. The van der Waals surface area contributed by atoms with Crippen LogP contribution in [0.3, 0.4) is 0 Å². The number of carbonyl (C=O) groups excluding carboxylic acids is 3. The third-order valence-electron chi connectivity index (χ3n) is 17.2. The van der Waals surface area contributed by atoms with Crippen molar-refractivity contribution in [1.82, 2.24) is 0 Å². The van der Waals surface area contributed by atoms with E-state index in [0.29, 0.717) is 19.3 Å². The van der Waals surface area contributed by atoms with Gasteiger partial charge in [0.05, 0.1) is 0 Å². The Bertz CT molecular complexity index is 1320. The molecule has 0 rings (SSSR count). The third kappa shape index (κ3) is 68.7. The van der Waals surface area contributed by atoms with Crippen LogP contribution in [0.5, 0.6) is 0 Å². The summed E-state index contributed by atoms with van der Waals surface area (Å²) in [6.45, 7) is 6.71. The zero-order valence-corrected chi connectivity index (χ0v) is 55.8. The fraction of sp³-hybridized carbons (Fsp3) is 0.908. The van der Waals surface area contributed by atoms with Crippen molar-refractivity contribution < 1.29 is 28.6 Å². The average Bonchev–Trinajstić information content (AvgIpc) is 3.47. The minimum absolute atomic E-state index is 0.0676. The van der Waals surface area contributed by atoms with Crippen molar-refractivity contribution in [2.24, 2.45) is 0 Å². The summed E-state index contributed by atoms with van der Waals surface area (Å²) in [5.41, 5.74) is 0. The molecule has 6 nitrogen and oxygen atoms in total. The maximum Gasteiger partial charge on any atom is 0.306 e. The van der Waals surface area contributed by atoms with Crippen LogP contribution in [0.1, 0.15) is 425 Å². The Morgan fingerprint density at radius 1 is 0.232 bits per heavy atom. The molecule has 484 valence electrons. The van der Waals surface area contributed by atoms with Crippen LogP contribution < -0.4 is 0 Å². The lowest BCUT2D eigenvalue weighted by atomic mass is 10.0. The molecule has 0 aromatic heterocycles. The van der Waals surface area contributed by atoms with Crippen molar-refractivity contribution in [2.75, 3.05) is 13.2 Å². The Morgan fingerprint density at radius 3 is 0.610 bits per heavy atom. The van der Waals surface area contributed by atoms with Gasteiger partial charge in [0.2, 0.25) is 0 Å². The minimum atomic E-state index is -0.772. The molecule has 0 amide bonds. The largest absolute Gasteiger partial charge is 0.462 e. The first-order valence-electron chi connectivity index (χ1n) is 37.3. The minimum Gasteiger partial charge on any atom is -0.462 e. The van der Waals surface area contributed by atoms with Gasteiger partial charge in [-0.3, -0.25) is 14.4 Å². The van der Waals surface area contributed by atoms with E-state index in [1.807, 2.05) is 0 Å². The van der Waals surface area contributed by atoms with E-state index in [1.165, 1.54) is 321 Å². The molecule has 0 spiro atoms. The smallest absolute Gasteiger partial charge is 0.306 e. The number of allylic oxidation sites excluding steroid dienone is 4. The SMILES string of the molecule is CCCCCCC/C=C\CCCCCCCC(=O)OCC(COC(=O)CCCCCCCCCCCCCCCCC/C=C\CCCCCCCCCC)OC(=O)CCCCCCCCCCCCCCCCCCCCCCCCC. The summed E-state index contributed by atoms with van der Waals surface area (Å²) in [7, 11) is 0. The maximum absolute atomic E-state index is 13.0. The first-order valence-corrected chi connectivity index (χ1v) is 37.3. The summed E-state index contributed by atoms with van der Waals surface area (Å²) in [4.78, 5) is 38.5. The number of ether oxygens (including phenoxy) is 3. The molecule has 0 fully saturated rings. The number of unbranched alkanes of at least 4 members (excludes halogenated alkanes) is 55. The van der Waals surface area contributed by atoms with Crippen LogP contribution in [0.25, 0.3) is 0 Å². The van der Waals surface area contributed by atoms with Crippen LogP contribution in [-0.2, 0) is 28.6 Å². The van der Waals surface area contributed by atoms with Crippen LogP contribution >= 0.6 is 0 Å². The Kier molecular flexibility index (Phi) is 69.5. The van der Waals surface area contributed by atoms with Gasteiger partial charge in [-0.15, -0.1) is 0 Å². The van der Waals surface area contributed by atoms with Gasteiger partial charge in [0, 0.05) is 19.3 Å². The first kappa shape index (κ1) is 79.9. The van der Waals surface area contributed by atoms with E-state index in [2.05, 4.69) is 45.1 Å². The molecule has 0 aromatic carbocycles. The highest BCUT2D eigenvalue weighted by atomic mass is 16.6. The standard InChI is InChI=1S/C76H144O6/c1-4-7-10-13-16-19-22-25-28-30-32-34-36-37-38-39-41-42-44-46-48-51-54-57-60-63-66-69-75(78)81-72-73(71-80-74(77)68-65-62-59-56-53-50-27-24-21-18-15-12-9-6-3)82-76(79)70-67-64-61-58-55-52-49-47-45-43-40-35-33-31-29-26-23-20-17-14-11-8-5-2/h24,27,30,32,73H,4-23,25-26,28-29,31,33-72H2,1-3H3/b27-24-,32-30-. The van der Waals surface area contributed by atoms with Crippen molar-refractivity contribution in [3.63, 3.8) is 0 Å². The summed E-state index contributed by atoms with van der Waals surface area (Å²) in [6, 6.07) is 0. The van der Waals surface area contributed by atoms with Crippen LogP contribution in [0, 0.1) is 0 Å². The number of esters is 3. The van der Waals surface area contributed by atoms with Gasteiger partial charge < -0.3 is 14.2 Å². The predicted octanol–water partition coefficient (Wildman–Crippen LogP) is 25.7. The van der Waals surface area contributed by atoms with E-state index >= 15 is 0 Å². The van der Waals surface area contributed by atoms with Gasteiger partial charge in [0.15, 0.2) is 6.10 Å². The molecule has 0 aliphatic rings. The number of carbonyl (C=O) groups is 3. The molecule has 0 bridgehead atoms. The molecule has 1 atom stereocenters. The number of hydrogen-bond donors (Lipinski definition) is 0. The van der Waals surface area contributed by atoms with E-state index in [1.54, 1.807) is 0 Å². The van der Waals surface area contributed by atoms with E-state index < -0.39 is 6.10 Å². The summed E-state index contributed by atoms with van der Waals surface area (Å²) < 4.78 is 17.0. The van der Waals surface area contributed by atoms with E-state index in [0.717, 1.165) is 64.2 Å². The van der Waals surface area contributed by atoms with E-state index in [9.17, 15) is 14.4 Å². The predicted molar refractivity (Wildman–Crippen MR) is 358 cm³/mol. The summed E-state index contributed by atoms with van der Waals surface area (Å²) >= 11 is 0. The van der Waals surface area contributed by atoms with Gasteiger partial charge in [-0.25, -0.2) is 0 Å². The van der Waals surface area contributed by atoms with Gasteiger partial charge >= 0.3 is 17.9 Å². The molecule has 0 radical (unpaired) electrons. The van der Waals surface area contributed by atoms with Gasteiger partial charge in [0.1, 0.15) is 13.2 Å². The molecule has 0 saturated carbocycles. The quantitative estimate of drug-likeness (QED) is 0.0261. The summed E-state index contributed by atoms with van der Waals surface area (Å²) in [5, 5.41) is 0. The molecule has 82 heavy (non-hydrogen) atoms. The fourth-order valence-electron chi connectivity index (χ4n) is 11.6. The van der Waals surface area contributed by atoms with Crippen molar-refractivity contribution in [2.45, 2.75) is 431 Å². The van der Waals surface area contributed by atoms with Gasteiger partial charge in [-0.1, -0.05) is 360 Å². The third-order valence-corrected chi connectivity index (χ3v) is 17.2. The van der Waals surface area contributed by atoms with Crippen molar-refractivity contribution in [3.8, 4) is 0 Å². The second-order valence-electron chi connectivity index (χ2n) is 25.6. The lowest BCUT2D eigenvalue weighted by molar-refractivity contribution is -0.167. The zero-order valence-electron chi connectivity index (χ0n) is 55.8. The first-order chi connectivity index (χ1) is 40.5. The van der Waals surface area contributed by atoms with Crippen LogP contribution in [0.2, 0.25) is 0 Å². The normalized spacial score (nSPS) is 12.1. The molecule has 0 heterocycles. The van der Waals surface area contributed by atoms with Crippen molar-refractivity contribution >= 4 is 17.9 Å². The van der Waals surface area contributed by atoms with Crippen LogP contribution in [0.4, 0.5) is 0 Å². The average molecular weight is 1150 g/mol. The molecule has 1 unspecified atom stereocenters. The van der Waals surface area contributed by atoms with Crippen LogP contribution in [0.15, 0.2) is 24.3 Å². The second kappa shape index (κ2) is 71.4. The highest BCUT2D eigenvalue weighted by Gasteiger charge is 2.20. The topological polar surface area (TPSA) is 78.9 Å². The molecule has 0 saturated heterocycles. The second-order valence-corrected chi connectivity index (χ2v) is 25.6. The summed E-state index contributed by atoms with van der Waals surface area (Å²) in [6.07, 6.45) is 88.0. The lowest BCUT2D eigenvalue weighted by Gasteiger charge is -2.18. The zero-order chi connectivity index (χ0) is 59.2. The highest BCUT2D eigenvalue weighted by molar-refractivity contribution is 5.71.